The number of carboxylic acid groups (broad SMARTS) is 1. The van der Waals surface area contributed by atoms with Gasteiger partial charge in [0.15, 0.2) is 0 Å². The summed E-state index contributed by atoms with van der Waals surface area (Å²) in [4.78, 5) is 10.3. The third-order valence-corrected chi connectivity index (χ3v) is 2.59. The minimum absolute atomic E-state index is 0.150. The van der Waals surface area contributed by atoms with Gasteiger partial charge >= 0.3 is 5.97 Å². The lowest BCUT2D eigenvalue weighted by Gasteiger charge is -2.24. The highest BCUT2D eigenvalue weighted by atomic mass is 16.5. The highest BCUT2D eigenvalue weighted by Gasteiger charge is 2.29. The van der Waals surface area contributed by atoms with Gasteiger partial charge in [0.2, 0.25) is 0 Å². The molecular formula is C10H19NO4. The lowest BCUT2D eigenvalue weighted by molar-refractivity contribution is -0.139. The van der Waals surface area contributed by atoms with E-state index in [0.29, 0.717) is 13.1 Å². The molecule has 0 spiro atoms. The van der Waals surface area contributed by atoms with Crippen molar-refractivity contribution in [1.82, 2.24) is 5.32 Å². The van der Waals surface area contributed by atoms with Crippen LogP contribution in [0.3, 0.4) is 0 Å². The summed E-state index contributed by atoms with van der Waals surface area (Å²) >= 11 is 0. The van der Waals surface area contributed by atoms with Crippen LogP contribution in [0, 0.1) is 0 Å². The fourth-order valence-electron chi connectivity index (χ4n) is 1.75. The van der Waals surface area contributed by atoms with Crippen LogP contribution < -0.4 is 5.32 Å². The molecule has 0 radical (unpaired) electrons. The molecule has 0 aromatic carbocycles. The summed E-state index contributed by atoms with van der Waals surface area (Å²) in [6, 6.07) is 0. The summed E-state index contributed by atoms with van der Waals surface area (Å²) < 4.78 is 5.54. The van der Waals surface area contributed by atoms with E-state index < -0.39 is 12.1 Å². The number of ether oxygens (including phenoxy) is 1. The number of aliphatic hydroxyl groups excluding tert-OH is 1. The number of rotatable bonds is 6. The Balaban J connectivity index is 2.12. The molecule has 5 heteroatoms. The van der Waals surface area contributed by atoms with Crippen LogP contribution in [-0.4, -0.2) is 47.6 Å². The maximum absolute atomic E-state index is 10.3. The molecule has 1 rings (SSSR count). The minimum atomic E-state index is -0.979. The number of hydrogen-bond donors (Lipinski definition) is 3. The number of aliphatic carboxylic acids is 1. The van der Waals surface area contributed by atoms with Gasteiger partial charge in [-0.1, -0.05) is 0 Å². The van der Waals surface area contributed by atoms with Gasteiger partial charge < -0.3 is 20.3 Å². The molecular weight excluding hydrogens is 198 g/mol. The summed E-state index contributed by atoms with van der Waals surface area (Å²) in [6.45, 7) is 3.77. The first-order valence-electron chi connectivity index (χ1n) is 5.26. The molecule has 3 N–H and O–H groups in total. The monoisotopic (exact) mass is 217 g/mol. The van der Waals surface area contributed by atoms with Crippen molar-refractivity contribution < 1.29 is 19.7 Å². The van der Waals surface area contributed by atoms with E-state index in [-0.39, 0.29) is 12.0 Å². The highest BCUT2D eigenvalue weighted by Crippen LogP contribution is 2.23. The first-order chi connectivity index (χ1) is 7.02. The van der Waals surface area contributed by atoms with Crippen molar-refractivity contribution in [2.24, 2.45) is 0 Å². The predicted octanol–water partition coefficient (Wildman–Crippen LogP) is -0.0193. The summed E-state index contributed by atoms with van der Waals surface area (Å²) in [6.07, 6.45) is 1.03. The van der Waals surface area contributed by atoms with E-state index in [2.05, 4.69) is 5.32 Å². The molecule has 0 aliphatic carbocycles. The van der Waals surface area contributed by atoms with E-state index >= 15 is 0 Å². The van der Waals surface area contributed by atoms with Gasteiger partial charge in [0.1, 0.15) is 0 Å². The molecule has 1 heterocycles. The van der Waals surface area contributed by atoms with E-state index in [1.165, 1.54) is 0 Å². The van der Waals surface area contributed by atoms with E-state index in [4.69, 9.17) is 9.84 Å². The quantitative estimate of drug-likeness (QED) is 0.583. The summed E-state index contributed by atoms with van der Waals surface area (Å²) in [7, 11) is 0. The second-order valence-corrected chi connectivity index (χ2v) is 4.28. The van der Waals surface area contributed by atoms with E-state index in [9.17, 15) is 9.90 Å². The molecule has 15 heavy (non-hydrogen) atoms. The van der Waals surface area contributed by atoms with E-state index in [1.807, 2.05) is 6.92 Å². The third kappa shape index (κ3) is 4.59. The van der Waals surface area contributed by atoms with Crippen molar-refractivity contribution in [3.8, 4) is 0 Å². The summed E-state index contributed by atoms with van der Waals surface area (Å²) in [5.41, 5.74) is -0.150. The zero-order chi connectivity index (χ0) is 11.3. The molecule has 0 aromatic rings. The van der Waals surface area contributed by atoms with Gasteiger partial charge in [-0.3, -0.25) is 4.79 Å². The van der Waals surface area contributed by atoms with Gasteiger partial charge in [0.05, 0.1) is 18.1 Å². The molecule has 1 aliphatic rings. The molecule has 2 unspecified atom stereocenters. The molecule has 0 saturated carbocycles. The first kappa shape index (κ1) is 12.4. The van der Waals surface area contributed by atoms with Crippen molar-refractivity contribution in [2.45, 2.75) is 37.9 Å². The van der Waals surface area contributed by atoms with Crippen LogP contribution in [-0.2, 0) is 9.53 Å². The molecule has 88 valence electrons. The molecule has 2 atom stereocenters. The Morgan fingerprint density at radius 1 is 1.67 bits per heavy atom. The van der Waals surface area contributed by atoms with Gasteiger partial charge in [-0.05, 0) is 19.8 Å². The molecule has 1 fully saturated rings. The number of carbonyl (C=O) groups is 1. The Morgan fingerprint density at radius 2 is 2.40 bits per heavy atom. The van der Waals surface area contributed by atoms with Gasteiger partial charge in [-0.2, -0.15) is 0 Å². The first-order valence-corrected chi connectivity index (χ1v) is 5.26. The molecule has 1 aliphatic heterocycles. The van der Waals surface area contributed by atoms with Crippen molar-refractivity contribution in [3.63, 3.8) is 0 Å². The Bertz CT molecular complexity index is 213. The lowest BCUT2D eigenvalue weighted by Crippen LogP contribution is -2.40. The largest absolute Gasteiger partial charge is 0.481 e. The van der Waals surface area contributed by atoms with Crippen LogP contribution in [0.5, 0.6) is 0 Å². The summed E-state index contributed by atoms with van der Waals surface area (Å²) in [5, 5.41) is 20.8. The van der Waals surface area contributed by atoms with Crippen LogP contribution in [0.4, 0.5) is 0 Å². The normalized spacial score (nSPS) is 27.9. The summed E-state index contributed by atoms with van der Waals surface area (Å²) in [5.74, 6) is -0.979. The zero-order valence-corrected chi connectivity index (χ0v) is 9.03. The Hall–Kier alpha value is -0.650. The molecule has 1 saturated heterocycles. The average molecular weight is 217 g/mol. The number of hydrogen-bond acceptors (Lipinski definition) is 4. The second kappa shape index (κ2) is 5.44. The van der Waals surface area contributed by atoms with Crippen molar-refractivity contribution in [3.05, 3.63) is 0 Å². The predicted molar refractivity (Wildman–Crippen MR) is 54.7 cm³/mol. The topological polar surface area (TPSA) is 78.8 Å². The standard InChI is InChI=1S/C10H19NO4/c1-10(3-2-4-15-10)7-11-6-8(12)5-9(13)14/h8,11-12H,2-7H2,1H3,(H,13,14). The third-order valence-electron chi connectivity index (χ3n) is 2.59. The van der Waals surface area contributed by atoms with Gasteiger partial charge in [-0.25, -0.2) is 0 Å². The van der Waals surface area contributed by atoms with Gasteiger partial charge in [0, 0.05) is 19.7 Å². The van der Waals surface area contributed by atoms with Gasteiger partial charge in [-0.15, -0.1) is 0 Å². The number of aliphatic hydroxyl groups is 1. The fourth-order valence-corrected chi connectivity index (χ4v) is 1.75. The highest BCUT2D eigenvalue weighted by molar-refractivity contribution is 5.67. The second-order valence-electron chi connectivity index (χ2n) is 4.28. The number of nitrogens with one attached hydrogen (secondary N) is 1. The van der Waals surface area contributed by atoms with Crippen molar-refractivity contribution in [1.29, 1.82) is 0 Å². The SMILES string of the molecule is CC1(CNCC(O)CC(=O)O)CCCO1. The van der Waals surface area contributed by atoms with E-state index in [0.717, 1.165) is 19.4 Å². The molecule has 0 bridgehead atoms. The average Bonchev–Trinajstić information content (AvgIpc) is 2.51. The Morgan fingerprint density at radius 3 is 2.93 bits per heavy atom. The Labute approximate surface area is 89.4 Å². The number of carboxylic acids is 1. The van der Waals surface area contributed by atoms with Crippen LogP contribution in [0.15, 0.2) is 0 Å². The van der Waals surface area contributed by atoms with Crippen molar-refractivity contribution in [2.75, 3.05) is 19.7 Å². The van der Waals surface area contributed by atoms with Crippen LogP contribution in [0.25, 0.3) is 0 Å². The maximum Gasteiger partial charge on any atom is 0.306 e. The lowest BCUT2D eigenvalue weighted by atomic mass is 10.0. The molecule has 5 nitrogen and oxygen atoms in total. The Kier molecular flexibility index (Phi) is 4.50. The maximum atomic E-state index is 10.3. The van der Waals surface area contributed by atoms with Crippen LogP contribution in [0.2, 0.25) is 0 Å². The smallest absolute Gasteiger partial charge is 0.306 e. The minimum Gasteiger partial charge on any atom is -0.481 e. The zero-order valence-electron chi connectivity index (χ0n) is 9.03. The molecule has 0 aromatic heterocycles. The van der Waals surface area contributed by atoms with Crippen molar-refractivity contribution >= 4 is 5.97 Å². The fraction of sp³-hybridized carbons (Fsp3) is 0.900. The van der Waals surface area contributed by atoms with Crippen LogP contribution in [0.1, 0.15) is 26.2 Å². The van der Waals surface area contributed by atoms with Crippen LogP contribution >= 0.6 is 0 Å². The molecule has 0 amide bonds. The van der Waals surface area contributed by atoms with E-state index in [1.54, 1.807) is 0 Å². The van der Waals surface area contributed by atoms with Gasteiger partial charge in [0.25, 0.3) is 0 Å².